The number of para-hydroxylation sites is 2. The van der Waals surface area contributed by atoms with Crippen LogP contribution in [0.25, 0.3) is 11.0 Å². The topological polar surface area (TPSA) is 56.2 Å². The van der Waals surface area contributed by atoms with Crippen molar-refractivity contribution in [2.45, 2.75) is 38.6 Å². The molecule has 0 saturated carbocycles. The summed E-state index contributed by atoms with van der Waals surface area (Å²) in [5.74, 6) is 1.83. The Morgan fingerprint density at radius 3 is 2.70 bits per heavy atom. The smallest absolute Gasteiger partial charge is 0.243 e. The van der Waals surface area contributed by atoms with Crippen LogP contribution >= 0.6 is 11.6 Å². The van der Waals surface area contributed by atoms with E-state index in [-0.39, 0.29) is 5.91 Å². The van der Waals surface area contributed by atoms with Gasteiger partial charge in [-0.3, -0.25) is 4.79 Å². The molecular formula is C24H28ClN3O2. The van der Waals surface area contributed by atoms with Crippen molar-refractivity contribution in [2.75, 3.05) is 13.2 Å². The lowest BCUT2D eigenvalue weighted by atomic mass is 10.2. The molecule has 0 spiro atoms. The summed E-state index contributed by atoms with van der Waals surface area (Å²) in [6.07, 6.45) is 6.15. The van der Waals surface area contributed by atoms with E-state index in [9.17, 15) is 4.79 Å². The van der Waals surface area contributed by atoms with Gasteiger partial charge in [0.2, 0.25) is 5.91 Å². The lowest BCUT2D eigenvalue weighted by molar-refractivity contribution is -0.116. The van der Waals surface area contributed by atoms with Crippen molar-refractivity contribution in [1.82, 2.24) is 14.9 Å². The van der Waals surface area contributed by atoms with Crippen molar-refractivity contribution < 1.29 is 9.53 Å². The number of aryl methyl sites for hydroxylation is 2. The molecule has 1 amide bonds. The van der Waals surface area contributed by atoms with Gasteiger partial charge in [0.05, 0.1) is 17.6 Å². The van der Waals surface area contributed by atoms with Gasteiger partial charge in [-0.05, 0) is 61.7 Å². The number of amides is 1. The van der Waals surface area contributed by atoms with Gasteiger partial charge >= 0.3 is 0 Å². The molecule has 30 heavy (non-hydrogen) atoms. The fourth-order valence-electron chi connectivity index (χ4n) is 3.38. The molecule has 0 aliphatic heterocycles. The highest BCUT2D eigenvalue weighted by Gasteiger charge is 2.10. The Labute approximate surface area is 182 Å². The van der Waals surface area contributed by atoms with Crippen molar-refractivity contribution >= 4 is 28.5 Å². The Morgan fingerprint density at radius 2 is 1.90 bits per heavy atom. The van der Waals surface area contributed by atoms with Crippen LogP contribution in [0.15, 0.2) is 61.2 Å². The third kappa shape index (κ3) is 6.36. The van der Waals surface area contributed by atoms with Crippen molar-refractivity contribution in [1.29, 1.82) is 0 Å². The van der Waals surface area contributed by atoms with E-state index in [1.54, 1.807) is 0 Å². The standard InChI is InChI=1S/C24H28ClN3O2/c1-2-24(29)26-16-7-3-4-11-23-27-21-9-5-6-10-22(21)28(23)17-8-18-30-20-14-12-19(25)13-15-20/h2,5-6,9-10,12-15H,1,3-4,7-8,11,16-18H2,(H,26,29). The van der Waals surface area contributed by atoms with Crippen LogP contribution in [0.1, 0.15) is 31.5 Å². The number of hydrogen-bond donors (Lipinski definition) is 1. The molecule has 3 rings (SSSR count). The van der Waals surface area contributed by atoms with Gasteiger partial charge in [0.1, 0.15) is 11.6 Å². The van der Waals surface area contributed by atoms with Gasteiger partial charge < -0.3 is 14.6 Å². The maximum Gasteiger partial charge on any atom is 0.243 e. The van der Waals surface area contributed by atoms with Crippen molar-refractivity contribution in [3.8, 4) is 5.75 Å². The zero-order valence-electron chi connectivity index (χ0n) is 17.1. The summed E-state index contributed by atoms with van der Waals surface area (Å²) in [6.45, 7) is 5.64. The summed E-state index contributed by atoms with van der Waals surface area (Å²) in [4.78, 5) is 16.0. The van der Waals surface area contributed by atoms with Crippen LogP contribution in [0, 0.1) is 0 Å². The summed E-state index contributed by atoms with van der Waals surface area (Å²) in [7, 11) is 0. The minimum absolute atomic E-state index is 0.113. The third-order valence-electron chi connectivity index (χ3n) is 4.90. The number of carbonyl (C=O) groups excluding carboxylic acids is 1. The van der Waals surface area contributed by atoms with Gasteiger partial charge in [-0.15, -0.1) is 0 Å². The Bertz CT molecular complexity index is 966. The minimum atomic E-state index is -0.113. The molecule has 0 atom stereocenters. The van der Waals surface area contributed by atoms with Crippen LogP contribution in [-0.2, 0) is 17.8 Å². The first-order chi connectivity index (χ1) is 14.7. The number of fused-ring (bicyclic) bond motifs is 1. The highest BCUT2D eigenvalue weighted by atomic mass is 35.5. The first-order valence-electron chi connectivity index (χ1n) is 10.4. The highest BCUT2D eigenvalue weighted by Crippen LogP contribution is 2.19. The van der Waals surface area contributed by atoms with E-state index in [0.717, 1.165) is 61.3 Å². The molecule has 5 nitrogen and oxygen atoms in total. The molecule has 158 valence electrons. The predicted octanol–water partition coefficient (Wildman–Crippen LogP) is 5.17. The molecule has 1 N–H and O–H groups in total. The zero-order chi connectivity index (χ0) is 21.2. The Balaban J connectivity index is 1.51. The Morgan fingerprint density at radius 1 is 1.10 bits per heavy atom. The zero-order valence-corrected chi connectivity index (χ0v) is 17.9. The van der Waals surface area contributed by atoms with Gasteiger partial charge in [-0.25, -0.2) is 4.98 Å². The Hall–Kier alpha value is -2.79. The maximum atomic E-state index is 11.2. The normalized spacial score (nSPS) is 10.8. The van der Waals surface area contributed by atoms with E-state index in [4.69, 9.17) is 21.3 Å². The van der Waals surface area contributed by atoms with Crippen LogP contribution < -0.4 is 10.1 Å². The molecule has 0 aliphatic rings. The first kappa shape index (κ1) is 21.9. The average molecular weight is 426 g/mol. The second kappa shape index (κ2) is 11.4. The van der Waals surface area contributed by atoms with Gasteiger partial charge in [-0.2, -0.15) is 0 Å². The van der Waals surface area contributed by atoms with Gasteiger partial charge in [0.25, 0.3) is 0 Å². The van der Waals surface area contributed by atoms with Crippen LogP contribution in [-0.4, -0.2) is 28.6 Å². The van der Waals surface area contributed by atoms with Crippen molar-refractivity contribution in [3.05, 3.63) is 72.0 Å². The number of nitrogens with one attached hydrogen (secondary N) is 1. The van der Waals surface area contributed by atoms with E-state index in [0.29, 0.717) is 18.2 Å². The molecule has 0 fully saturated rings. The van der Waals surface area contributed by atoms with Crippen molar-refractivity contribution in [3.63, 3.8) is 0 Å². The quantitative estimate of drug-likeness (QED) is 0.321. The van der Waals surface area contributed by atoms with Gasteiger partial charge in [-0.1, -0.05) is 36.7 Å². The summed E-state index contributed by atoms with van der Waals surface area (Å²) in [5, 5.41) is 3.52. The Kier molecular flexibility index (Phi) is 8.33. The first-order valence-corrected chi connectivity index (χ1v) is 10.8. The summed E-state index contributed by atoms with van der Waals surface area (Å²) >= 11 is 5.92. The summed E-state index contributed by atoms with van der Waals surface area (Å²) < 4.78 is 8.14. The number of halogens is 1. The van der Waals surface area contributed by atoms with Gasteiger partial charge in [0.15, 0.2) is 0 Å². The van der Waals surface area contributed by atoms with E-state index < -0.39 is 0 Å². The SMILES string of the molecule is C=CC(=O)NCCCCCc1nc2ccccc2n1CCCOc1ccc(Cl)cc1. The molecule has 6 heteroatoms. The molecule has 1 heterocycles. The van der Waals surface area contributed by atoms with Crippen molar-refractivity contribution in [2.24, 2.45) is 0 Å². The maximum absolute atomic E-state index is 11.2. The average Bonchev–Trinajstić information content (AvgIpc) is 3.12. The van der Waals surface area contributed by atoms with Crippen LogP contribution in [0.2, 0.25) is 5.02 Å². The number of unbranched alkanes of at least 4 members (excludes halogenated alkanes) is 2. The molecule has 0 aliphatic carbocycles. The van der Waals surface area contributed by atoms with Gasteiger partial charge in [0, 0.05) is 24.5 Å². The molecule has 0 unspecified atom stereocenters. The molecular weight excluding hydrogens is 398 g/mol. The summed E-state index contributed by atoms with van der Waals surface area (Å²) in [5.41, 5.74) is 2.20. The number of ether oxygens (including phenoxy) is 1. The number of hydrogen-bond acceptors (Lipinski definition) is 3. The van der Waals surface area contributed by atoms with E-state index in [1.807, 2.05) is 30.3 Å². The minimum Gasteiger partial charge on any atom is -0.494 e. The molecule has 0 saturated heterocycles. The van der Waals surface area contributed by atoms with Crippen LogP contribution in [0.4, 0.5) is 0 Å². The fraction of sp³-hybridized carbons (Fsp3) is 0.333. The monoisotopic (exact) mass is 425 g/mol. The highest BCUT2D eigenvalue weighted by molar-refractivity contribution is 6.30. The molecule has 0 radical (unpaired) electrons. The number of nitrogens with zero attached hydrogens (tertiary/aromatic N) is 2. The number of imidazole rings is 1. The molecule has 0 bridgehead atoms. The van der Waals surface area contributed by atoms with E-state index >= 15 is 0 Å². The number of benzene rings is 2. The van der Waals surface area contributed by atoms with E-state index in [2.05, 4.69) is 34.7 Å². The lowest BCUT2D eigenvalue weighted by Gasteiger charge is -2.11. The molecule has 1 aromatic heterocycles. The predicted molar refractivity (Wildman–Crippen MR) is 122 cm³/mol. The largest absolute Gasteiger partial charge is 0.494 e. The lowest BCUT2D eigenvalue weighted by Crippen LogP contribution is -2.21. The third-order valence-corrected chi connectivity index (χ3v) is 5.16. The number of carbonyl (C=O) groups is 1. The second-order valence-corrected chi connectivity index (χ2v) is 7.57. The molecule has 3 aromatic rings. The number of aromatic nitrogens is 2. The van der Waals surface area contributed by atoms with E-state index in [1.165, 1.54) is 6.08 Å². The van der Waals surface area contributed by atoms with Crippen LogP contribution in [0.3, 0.4) is 0 Å². The number of rotatable bonds is 12. The fourth-order valence-corrected chi connectivity index (χ4v) is 3.50. The summed E-state index contributed by atoms with van der Waals surface area (Å²) in [6, 6.07) is 15.7. The molecule has 2 aromatic carbocycles. The second-order valence-electron chi connectivity index (χ2n) is 7.13. The van der Waals surface area contributed by atoms with Crippen LogP contribution in [0.5, 0.6) is 5.75 Å².